The fourth-order valence-electron chi connectivity index (χ4n) is 5.20. The molecule has 4 heteroatoms. The van der Waals surface area contributed by atoms with Gasteiger partial charge in [-0.15, -0.1) is 5.10 Å². The molecular weight excluding hydrogens is 512 g/mol. The van der Waals surface area contributed by atoms with Crippen molar-refractivity contribution < 1.29 is 0 Å². The van der Waals surface area contributed by atoms with Crippen molar-refractivity contribution in [2.24, 2.45) is 0 Å². The van der Waals surface area contributed by atoms with E-state index >= 15 is 0 Å². The van der Waals surface area contributed by atoms with Crippen molar-refractivity contribution in [3.05, 3.63) is 170 Å². The molecule has 0 bridgehead atoms. The first-order valence-corrected chi connectivity index (χ1v) is 14.0. The average Bonchev–Trinajstić information content (AvgIpc) is 3.53. The van der Waals surface area contributed by atoms with E-state index in [-0.39, 0.29) is 0 Å². The molecule has 0 radical (unpaired) electrons. The first-order chi connectivity index (χ1) is 20.8. The van der Waals surface area contributed by atoms with Crippen molar-refractivity contribution in [1.82, 2.24) is 14.8 Å². The van der Waals surface area contributed by atoms with Gasteiger partial charge in [-0.3, -0.25) is 0 Å². The first kappa shape index (κ1) is 25.2. The standard InChI is InChI=1S/C38H28N4/c1-5-14-30(15-6-1)37-39-38(31-16-7-2-8-17-31)42(40-37)35-26-24-29(25-27-35)32-18-13-23-36(28-32)41(33-19-9-3-10-20-33)34-21-11-4-12-22-34/h1-28H. The largest absolute Gasteiger partial charge is 0.310 e. The molecule has 0 saturated heterocycles. The first-order valence-electron chi connectivity index (χ1n) is 14.0. The minimum absolute atomic E-state index is 0.702. The van der Waals surface area contributed by atoms with Crippen molar-refractivity contribution in [2.75, 3.05) is 4.90 Å². The lowest BCUT2D eigenvalue weighted by Gasteiger charge is -2.25. The van der Waals surface area contributed by atoms with Gasteiger partial charge in [-0.1, -0.05) is 121 Å². The van der Waals surface area contributed by atoms with Gasteiger partial charge in [-0.25, -0.2) is 9.67 Å². The predicted octanol–water partition coefficient (Wildman–Crippen LogP) is 9.74. The number of rotatable bonds is 7. The minimum atomic E-state index is 0.702. The molecule has 1 heterocycles. The van der Waals surface area contributed by atoms with Gasteiger partial charge in [-0.2, -0.15) is 0 Å². The molecule has 0 unspecified atom stereocenters. The summed E-state index contributed by atoms with van der Waals surface area (Å²) in [7, 11) is 0. The van der Waals surface area contributed by atoms with Crippen LogP contribution in [0.4, 0.5) is 17.1 Å². The van der Waals surface area contributed by atoms with Crippen LogP contribution < -0.4 is 4.90 Å². The molecule has 0 fully saturated rings. The summed E-state index contributed by atoms with van der Waals surface area (Å²) >= 11 is 0. The molecule has 0 atom stereocenters. The third-order valence-corrected chi connectivity index (χ3v) is 7.25. The van der Waals surface area contributed by atoms with E-state index in [0.29, 0.717) is 5.82 Å². The highest BCUT2D eigenvalue weighted by molar-refractivity contribution is 5.80. The van der Waals surface area contributed by atoms with E-state index in [2.05, 4.69) is 114 Å². The second-order valence-electron chi connectivity index (χ2n) is 10.0. The number of para-hydroxylation sites is 2. The molecule has 7 aromatic rings. The lowest BCUT2D eigenvalue weighted by atomic mass is 10.0. The van der Waals surface area contributed by atoms with Crippen LogP contribution in [0.15, 0.2) is 170 Å². The van der Waals surface area contributed by atoms with Gasteiger partial charge >= 0.3 is 0 Å². The predicted molar refractivity (Wildman–Crippen MR) is 172 cm³/mol. The molecular formula is C38H28N4. The van der Waals surface area contributed by atoms with E-state index in [1.54, 1.807) is 0 Å². The zero-order valence-electron chi connectivity index (χ0n) is 23.0. The van der Waals surface area contributed by atoms with Crippen LogP contribution in [-0.2, 0) is 0 Å². The van der Waals surface area contributed by atoms with Crippen molar-refractivity contribution in [1.29, 1.82) is 0 Å². The van der Waals surface area contributed by atoms with Gasteiger partial charge in [0.15, 0.2) is 11.6 Å². The monoisotopic (exact) mass is 540 g/mol. The SMILES string of the molecule is c1ccc(-c2nc(-c3ccccc3)n(-c3ccc(-c4cccc(N(c5ccccc5)c5ccccc5)c4)cc3)n2)cc1. The van der Waals surface area contributed by atoms with Crippen LogP contribution >= 0.6 is 0 Å². The summed E-state index contributed by atoms with van der Waals surface area (Å²) in [4.78, 5) is 7.22. The molecule has 42 heavy (non-hydrogen) atoms. The van der Waals surface area contributed by atoms with Gasteiger partial charge in [0.2, 0.25) is 0 Å². The molecule has 0 aliphatic carbocycles. The molecule has 0 aliphatic rings. The van der Waals surface area contributed by atoms with E-state index in [9.17, 15) is 0 Å². The number of hydrogen-bond donors (Lipinski definition) is 0. The lowest BCUT2D eigenvalue weighted by Crippen LogP contribution is -2.09. The molecule has 200 valence electrons. The maximum atomic E-state index is 4.94. The third-order valence-electron chi connectivity index (χ3n) is 7.25. The Labute approximate surface area is 245 Å². The molecule has 0 spiro atoms. The van der Waals surface area contributed by atoms with Crippen molar-refractivity contribution in [3.8, 4) is 39.6 Å². The maximum absolute atomic E-state index is 4.94. The number of benzene rings is 6. The van der Waals surface area contributed by atoms with Crippen molar-refractivity contribution >= 4 is 17.1 Å². The van der Waals surface area contributed by atoms with Crippen LogP contribution in [0.3, 0.4) is 0 Å². The van der Waals surface area contributed by atoms with Crippen LogP contribution in [0.5, 0.6) is 0 Å². The Bertz CT molecular complexity index is 1860. The van der Waals surface area contributed by atoms with Crippen LogP contribution in [0.1, 0.15) is 0 Å². The highest BCUT2D eigenvalue weighted by Gasteiger charge is 2.16. The van der Waals surface area contributed by atoms with Gasteiger partial charge in [0.1, 0.15) is 0 Å². The summed E-state index contributed by atoms with van der Waals surface area (Å²) in [5.41, 5.74) is 8.57. The fraction of sp³-hybridized carbons (Fsp3) is 0. The zero-order valence-corrected chi connectivity index (χ0v) is 23.0. The smallest absolute Gasteiger partial charge is 0.182 e. The topological polar surface area (TPSA) is 34.0 Å². The van der Waals surface area contributed by atoms with Gasteiger partial charge in [-0.05, 0) is 59.7 Å². The summed E-state index contributed by atoms with van der Waals surface area (Å²) in [5, 5.41) is 4.93. The van der Waals surface area contributed by atoms with Gasteiger partial charge in [0.25, 0.3) is 0 Å². The van der Waals surface area contributed by atoms with Crippen LogP contribution in [-0.4, -0.2) is 14.8 Å². The number of anilines is 3. The Balaban J connectivity index is 1.26. The Morgan fingerprint density at radius 2 is 0.905 bits per heavy atom. The zero-order chi connectivity index (χ0) is 28.1. The Kier molecular flexibility index (Phi) is 6.85. The van der Waals surface area contributed by atoms with E-state index in [1.165, 1.54) is 0 Å². The molecule has 1 aromatic heterocycles. The maximum Gasteiger partial charge on any atom is 0.182 e. The fourth-order valence-corrected chi connectivity index (χ4v) is 5.20. The van der Waals surface area contributed by atoms with Gasteiger partial charge in [0.05, 0.1) is 5.69 Å². The number of nitrogens with zero attached hydrogens (tertiary/aromatic N) is 4. The van der Waals surface area contributed by atoms with E-state index in [0.717, 1.165) is 50.8 Å². The minimum Gasteiger partial charge on any atom is -0.310 e. The molecule has 6 aromatic carbocycles. The second kappa shape index (κ2) is 11.4. The Morgan fingerprint density at radius 1 is 0.405 bits per heavy atom. The highest BCUT2D eigenvalue weighted by Crippen LogP contribution is 2.36. The average molecular weight is 541 g/mol. The quantitative estimate of drug-likeness (QED) is 0.202. The van der Waals surface area contributed by atoms with E-state index in [4.69, 9.17) is 10.1 Å². The Hall–Kier alpha value is -5.74. The number of hydrogen-bond acceptors (Lipinski definition) is 3. The van der Waals surface area contributed by atoms with Gasteiger partial charge < -0.3 is 4.90 Å². The number of aromatic nitrogens is 3. The molecule has 0 N–H and O–H groups in total. The molecule has 0 amide bonds. The van der Waals surface area contributed by atoms with Crippen LogP contribution in [0.25, 0.3) is 39.6 Å². The summed E-state index contributed by atoms with van der Waals surface area (Å²) in [5.74, 6) is 1.51. The van der Waals surface area contributed by atoms with E-state index < -0.39 is 0 Å². The third kappa shape index (κ3) is 5.09. The Morgan fingerprint density at radius 3 is 1.50 bits per heavy atom. The highest BCUT2D eigenvalue weighted by atomic mass is 15.4. The summed E-state index contributed by atoms with van der Waals surface area (Å²) in [6.45, 7) is 0. The van der Waals surface area contributed by atoms with Gasteiger partial charge in [0, 0.05) is 28.2 Å². The van der Waals surface area contributed by atoms with Crippen LogP contribution in [0.2, 0.25) is 0 Å². The second-order valence-corrected chi connectivity index (χ2v) is 10.0. The van der Waals surface area contributed by atoms with E-state index in [1.807, 2.05) is 65.3 Å². The lowest BCUT2D eigenvalue weighted by molar-refractivity contribution is 0.890. The molecule has 4 nitrogen and oxygen atoms in total. The summed E-state index contributed by atoms with van der Waals surface area (Å²) < 4.78 is 1.93. The molecule has 0 aliphatic heterocycles. The van der Waals surface area contributed by atoms with Crippen molar-refractivity contribution in [2.45, 2.75) is 0 Å². The molecule has 0 saturated carbocycles. The summed E-state index contributed by atoms with van der Waals surface area (Å²) in [6.07, 6.45) is 0. The van der Waals surface area contributed by atoms with Crippen LogP contribution in [0, 0.1) is 0 Å². The molecule has 7 rings (SSSR count). The summed E-state index contributed by atoms with van der Waals surface area (Å²) in [6, 6.07) is 58.5. The van der Waals surface area contributed by atoms with Crippen molar-refractivity contribution in [3.63, 3.8) is 0 Å². The normalized spacial score (nSPS) is 10.9.